The van der Waals surface area contributed by atoms with E-state index in [0.717, 1.165) is 43.2 Å². The first-order chi connectivity index (χ1) is 11.7. The third kappa shape index (κ3) is 4.62. The highest BCUT2D eigenvalue weighted by Crippen LogP contribution is 2.15. The Morgan fingerprint density at radius 3 is 2.67 bits per heavy atom. The highest BCUT2D eigenvalue weighted by Gasteiger charge is 2.14. The molecule has 7 heteroatoms. The van der Waals surface area contributed by atoms with Crippen LogP contribution in [0.2, 0.25) is 0 Å². The van der Waals surface area contributed by atoms with Gasteiger partial charge in [-0.3, -0.25) is 4.98 Å². The zero-order valence-corrected chi connectivity index (χ0v) is 14.6. The molecule has 1 aliphatic rings. The maximum atomic E-state index is 5.32. The normalized spacial score (nSPS) is 15.1. The average Bonchev–Trinajstić information content (AvgIpc) is 2.62. The number of nitrogens with one attached hydrogen (secondary N) is 2. The van der Waals surface area contributed by atoms with E-state index in [2.05, 4.69) is 37.4 Å². The summed E-state index contributed by atoms with van der Waals surface area (Å²) in [7, 11) is 2.15. The molecule has 0 amide bonds. The fourth-order valence-corrected chi connectivity index (χ4v) is 2.73. The van der Waals surface area contributed by atoms with Gasteiger partial charge in [-0.1, -0.05) is 6.07 Å². The minimum absolute atomic E-state index is 0.577. The Bertz CT molecular complexity index is 653. The summed E-state index contributed by atoms with van der Waals surface area (Å²) in [6.07, 6.45) is 5.40. The van der Waals surface area contributed by atoms with Crippen molar-refractivity contribution >= 4 is 28.8 Å². The van der Waals surface area contributed by atoms with E-state index in [9.17, 15) is 0 Å². The van der Waals surface area contributed by atoms with E-state index in [4.69, 9.17) is 12.2 Å². The summed E-state index contributed by atoms with van der Waals surface area (Å²) in [6.45, 7) is 4.82. The van der Waals surface area contributed by atoms with Crippen LogP contribution in [-0.2, 0) is 6.54 Å². The van der Waals surface area contributed by atoms with Gasteiger partial charge in [0.25, 0.3) is 0 Å². The molecule has 1 aliphatic heterocycles. The molecule has 0 bridgehead atoms. The predicted octanol–water partition coefficient (Wildman–Crippen LogP) is 1.71. The third-order valence-electron chi connectivity index (χ3n) is 4.01. The van der Waals surface area contributed by atoms with Gasteiger partial charge in [0, 0.05) is 45.1 Å². The number of aromatic nitrogens is 2. The molecule has 0 aliphatic carbocycles. The molecule has 0 unspecified atom stereocenters. The predicted molar refractivity (Wildman–Crippen MR) is 101 cm³/mol. The van der Waals surface area contributed by atoms with Crippen LogP contribution >= 0.6 is 12.2 Å². The quantitative estimate of drug-likeness (QED) is 0.821. The zero-order chi connectivity index (χ0) is 16.8. The Morgan fingerprint density at radius 2 is 2.00 bits per heavy atom. The molecule has 1 saturated heterocycles. The summed E-state index contributed by atoms with van der Waals surface area (Å²) in [5.41, 5.74) is 1.97. The summed E-state index contributed by atoms with van der Waals surface area (Å²) in [5.74, 6) is 1.02. The fourth-order valence-electron chi connectivity index (χ4n) is 2.54. The number of likely N-dealkylation sites (N-methyl/N-ethyl adjacent to an activating group) is 1. The molecular formula is C17H22N6S. The maximum Gasteiger partial charge on any atom is 0.171 e. The van der Waals surface area contributed by atoms with Crippen molar-refractivity contribution < 1.29 is 0 Å². The van der Waals surface area contributed by atoms with Crippen LogP contribution in [-0.4, -0.2) is 53.2 Å². The number of hydrogen-bond donors (Lipinski definition) is 2. The highest BCUT2D eigenvalue weighted by molar-refractivity contribution is 7.80. The molecule has 1 fully saturated rings. The number of rotatable bonds is 4. The summed E-state index contributed by atoms with van der Waals surface area (Å²) in [5, 5.41) is 6.90. The van der Waals surface area contributed by atoms with Crippen LogP contribution in [0.4, 0.5) is 11.5 Å². The van der Waals surface area contributed by atoms with Gasteiger partial charge in [0.15, 0.2) is 5.11 Å². The molecule has 0 aromatic carbocycles. The molecule has 2 aromatic rings. The third-order valence-corrected chi connectivity index (χ3v) is 4.26. The lowest BCUT2D eigenvalue weighted by molar-refractivity contribution is 0.312. The first kappa shape index (κ1) is 16.6. The first-order valence-electron chi connectivity index (χ1n) is 8.04. The number of thiocarbonyl (C=S) groups is 1. The smallest absolute Gasteiger partial charge is 0.171 e. The van der Waals surface area contributed by atoms with Crippen molar-refractivity contribution in [1.29, 1.82) is 0 Å². The van der Waals surface area contributed by atoms with E-state index in [1.165, 1.54) is 0 Å². The molecule has 0 atom stereocenters. The van der Waals surface area contributed by atoms with Gasteiger partial charge in [0.2, 0.25) is 0 Å². The number of nitrogens with zero attached hydrogens (tertiary/aromatic N) is 4. The molecule has 3 heterocycles. The minimum Gasteiger partial charge on any atom is -0.358 e. The van der Waals surface area contributed by atoms with Crippen molar-refractivity contribution in [3.05, 3.63) is 48.4 Å². The summed E-state index contributed by atoms with van der Waals surface area (Å²) >= 11 is 5.32. The topological polar surface area (TPSA) is 56.3 Å². The van der Waals surface area contributed by atoms with Gasteiger partial charge in [-0.2, -0.15) is 0 Å². The van der Waals surface area contributed by atoms with E-state index in [1.54, 1.807) is 6.20 Å². The monoisotopic (exact) mass is 342 g/mol. The van der Waals surface area contributed by atoms with Crippen LogP contribution in [0.1, 0.15) is 5.56 Å². The van der Waals surface area contributed by atoms with E-state index in [0.29, 0.717) is 11.7 Å². The Morgan fingerprint density at radius 1 is 1.17 bits per heavy atom. The molecule has 126 valence electrons. The molecular weight excluding hydrogens is 320 g/mol. The van der Waals surface area contributed by atoms with Crippen molar-refractivity contribution in [3.8, 4) is 0 Å². The molecule has 0 radical (unpaired) electrons. The average molecular weight is 342 g/mol. The van der Waals surface area contributed by atoms with Gasteiger partial charge >= 0.3 is 0 Å². The second-order valence-electron chi connectivity index (χ2n) is 5.86. The van der Waals surface area contributed by atoms with Crippen molar-refractivity contribution in [2.75, 3.05) is 43.4 Å². The Kier molecular flexibility index (Phi) is 5.55. The number of anilines is 2. The minimum atomic E-state index is 0.577. The van der Waals surface area contributed by atoms with Crippen molar-refractivity contribution in [2.45, 2.75) is 6.54 Å². The van der Waals surface area contributed by atoms with Crippen LogP contribution < -0.4 is 15.5 Å². The van der Waals surface area contributed by atoms with Gasteiger partial charge in [-0.15, -0.1) is 0 Å². The first-order valence-corrected chi connectivity index (χ1v) is 8.45. The molecule has 6 nitrogen and oxygen atoms in total. The molecule has 2 N–H and O–H groups in total. The van der Waals surface area contributed by atoms with E-state index >= 15 is 0 Å². The van der Waals surface area contributed by atoms with Crippen molar-refractivity contribution in [3.63, 3.8) is 0 Å². The number of hydrogen-bond acceptors (Lipinski definition) is 5. The summed E-state index contributed by atoms with van der Waals surface area (Å²) < 4.78 is 0. The lowest BCUT2D eigenvalue weighted by atomic mass is 10.3. The van der Waals surface area contributed by atoms with Crippen molar-refractivity contribution in [1.82, 2.24) is 20.2 Å². The standard InChI is InChI=1S/C17H22N6S/c1-22-7-9-23(10-8-22)16-5-4-15(13-19-16)21-17(24)20-12-14-3-2-6-18-11-14/h2-6,11,13H,7-10,12H2,1H3,(H2,20,21,24). The largest absolute Gasteiger partial charge is 0.358 e. The lowest BCUT2D eigenvalue weighted by Gasteiger charge is -2.33. The van der Waals surface area contributed by atoms with Crippen LogP contribution in [0, 0.1) is 0 Å². The second kappa shape index (κ2) is 8.03. The Hall–Kier alpha value is -2.25. The second-order valence-corrected chi connectivity index (χ2v) is 6.27. The van der Waals surface area contributed by atoms with Crippen LogP contribution in [0.25, 0.3) is 0 Å². The van der Waals surface area contributed by atoms with Crippen LogP contribution in [0.5, 0.6) is 0 Å². The van der Waals surface area contributed by atoms with Gasteiger partial charge < -0.3 is 20.4 Å². The summed E-state index contributed by atoms with van der Waals surface area (Å²) in [6, 6.07) is 7.97. The fraction of sp³-hybridized carbons (Fsp3) is 0.353. The lowest BCUT2D eigenvalue weighted by Crippen LogP contribution is -2.44. The molecule has 0 saturated carbocycles. The number of pyridine rings is 2. The van der Waals surface area contributed by atoms with Gasteiger partial charge in [-0.05, 0) is 43.0 Å². The summed E-state index contributed by atoms with van der Waals surface area (Å²) in [4.78, 5) is 13.3. The zero-order valence-electron chi connectivity index (χ0n) is 13.8. The molecule has 2 aromatic heterocycles. The number of piperazine rings is 1. The van der Waals surface area contributed by atoms with E-state index < -0.39 is 0 Å². The maximum absolute atomic E-state index is 5.32. The molecule has 0 spiro atoms. The Balaban J connectivity index is 1.49. The molecule has 24 heavy (non-hydrogen) atoms. The van der Waals surface area contributed by atoms with Crippen molar-refractivity contribution in [2.24, 2.45) is 0 Å². The van der Waals surface area contributed by atoms with Gasteiger partial charge in [0.1, 0.15) is 5.82 Å². The SMILES string of the molecule is CN1CCN(c2ccc(NC(=S)NCc3cccnc3)cn2)CC1. The van der Waals surface area contributed by atoms with Gasteiger partial charge in [0.05, 0.1) is 11.9 Å². The van der Waals surface area contributed by atoms with Crippen LogP contribution in [0.15, 0.2) is 42.9 Å². The van der Waals surface area contributed by atoms with Crippen LogP contribution in [0.3, 0.4) is 0 Å². The molecule has 3 rings (SSSR count). The van der Waals surface area contributed by atoms with Gasteiger partial charge in [-0.25, -0.2) is 4.98 Å². The van der Waals surface area contributed by atoms with E-state index in [1.807, 2.05) is 36.7 Å². The Labute approximate surface area is 147 Å². The highest BCUT2D eigenvalue weighted by atomic mass is 32.1. The van der Waals surface area contributed by atoms with E-state index in [-0.39, 0.29) is 0 Å².